The summed E-state index contributed by atoms with van der Waals surface area (Å²) >= 11 is 0. The first-order valence-corrected chi connectivity index (χ1v) is 7.95. The van der Waals surface area contributed by atoms with Crippen molar-refractivity contribution in [3.63, 3.8) is 0 Å². The molecule has 0 N–H and O–H groups in total. The zero-order valence-corrected chi connectivity index (χ0v) is 13.3. The molecule has 0 aromatic heterocycles. The Morgan fingerprint density at radius 2 is 1.35 bits per heavy atom. The van der Waals surface area contributed by atoms with Crippen LogP contribution in [0.3, 0.4) is 0 Å². The minimum Gasteiger partial charge on any atom is -0.206 e. The van der Waals surface area contributed by atoms with Crippen LogP contribution in [-0.4, -0.2) is 24.5 Å². The second-order valence-electron chi connectivity index (χ2n) is 6.16. The Morgan fingerprint density at radius 3 is 2.09 bits per heavy atom. The van der Waals surface area contributed by atoms with Crippen molar-refractivity contribution in [2.24, 2.45) is 0 Å². The molecule has 1 aliphatic rings. The molecule has 2 nitrogen and oxygen atoms in total. The summed E-state index contributed by atoms with van der Waals surface area (Å²) in [6.45, 7) is 0.880. The zero-order valence-electron chi connectivity index (χ0n) is 13.3. The average molecular weight is 300 g/mol. The molecule has 1 heterocycles. The van der Waals surface area contributed by atoms with Crippen LogP contribution < -0.4 is 4.48 Å². The van der Waals surface area contributed by atoms with Crippen molar-refractivity contribution in [2.45, 2.75) is 0 Å². The highest BCUT2D eigenvalue weighted by Crippen LogP contribution is 2.37. The van der Waals surface area contributed by atoms with E-state index in [1.165, 1.54) is 22.6 Å². The fraction of sp³-hybridized carbons (Fsp3) is 0.0952. The fourth-order valence-corrected chi connectivity index (χ4v) is 3.39. The van der Waals surface area contributed by atoms with Gasteiger partial charge >= 0.3 is 0 Å². The number of para-hydroxylation sites is 3. The first kappa shape index (κ1) is 13.9. The predicted molar refractivity (Wildman–Crippen MR) is 96.7 cm³/mol. The summed E-state index contributed by atoms with van der Waals surface area (Å²) in [5.74, 6) is 0. The summed E-state index contributed by atoms with van der Waals surface area (Å²) in [5.41, 5.74) is 5.14. The van der Waals surface area contributed by atoms with Gasteiger partial charge in [-0.1, -0.05) is 48.5 Å². The third-order valence-electron chi connectivity index (χ3n) is 4.61. The van der Waals surface area contributed by atoms with Crippen LogP contribution in [0.2, 0.25) is 0 Å². The van der Waals surface area contributed by atoms with E-state index in [1.807, 2.05) is 0 Å². The highest BCUT2D eigenvalue weighted by molar-refractivity contribution is 5.87. The Morgan fingerprint density at radius 1 is 0.739 bits per heavy atom. The van der Waals surface area contributed by atoms with E-state index in [0.717, 1.165) is 11.2 Å². The third-order valence-corrected chi connectivity index (χ3v) is 4.61. The van der Waals surface area contributed by atoms with Gasteiger partial charge in [-0.05, 0) is 18.2 Å². The monoisotopic (exact) mass is 300 g/mol. The van der Waals surface area contributed by atoms with Crippen molar-refractivity contribution in [3.05, 3.63) is 90.5 Å². The molecule has 112 valence electrons. The van der Waals surface area contributed by atoms with Crippen molar-refractivity contribution < 1.29 is 4.58 Å². The maximum absolute atomic E-state index is 2.34. The van der Waals surface area contributed by atoms with E-state index in [-0.39, 0.29) is 0 Å². The molecule has 0 saturated heterocycles. The van der Waals surface area contributed by atoms with E-state index in [1.54, 1.807) is 0 Å². The number of hydrogen-bond donors (Lipinski definition) is 0. The van der Waals surface area contributed by atoms with Crippen LogP contribution in [0.1, 0.15) is 5.56 Å². The van der Waals surface area contributed by atoms with Gasteiger partial charge in [-0.3, -0.25) is 0 Å². The van der Waals surface area contributed by atoms with E-state index in [9.17, 15) is 0 Å². The zero-order chi connectivity index (χ0) is 15.7. The molecule has 0 fully saturated rings. The Balaban J connectivity index is 1.91. The molecular formula is C21H20N2+2. The molecule has 3 aromatic rings. The minimum atomic E-state index is 0.766. The first-order chi connectivity index (χ1) is 11.3. The number of rotatable bonds is 2. The van der Waals surface area contributed by atoms with Crippen LogP contribution >= 0.6 is 0 Å². The van der Waals surface area contributed by atoms with Crippen LogP contribution in [-0.2, 0) is 0 Å². The third kappa shape index (κ3) is 2.37. The van der Waals surface area contributed by atoms with Gasteiger partial charge in [-0.25, -0.2) is 4.48 Å². The SMILES string of the molecule is C[N+]1(c2ccccc2)C[N+](c2ccccc2)=Cc2ccccc21. The standard InChI is InChI=1S/C21H20N2/c1-23(20-13-6-3-7-14-20)17-22(19-11-4-2-5-12-19)16-18-10-8-9-15-21(18)23/h2-16H,17H2,1H3/q+2. The van der Waals surface area contributed by atoms with Crippen molar-refractivity contribution in [1.82, 2.24) is 4.48 Å². The molecule has 3 aromatic carbocycles. The van der Waals surface area contributed by atoms with Crippen LogP contribution in [0.15, 0.2) is 84.9 Å². The van der Waals surface area contributed by atoms with Gasteiger partial charge in [0.1, 0.15) is 5.69 Å². The normalized spacial score (nSPS) is 19.8. The molecule has 0 bridgehead atoms. The number of hydrogen-bond acceptors (Lipinski definition) is 0. The number of benzene rings is 3. The van der Waals surface area contributed by atoms with Crippen molar-refractivity contribution in [1.29, 1.82) is 0 Å². The number of fused-ring (bicyclic) bond motifs is 1. The lowest BCUT2D eigenvalue weighted by Crippen LogP contribution is -2.48. The highest BCUT2D eigenvalue weighted by atomic mass is 15.4. The van der Waals surface area contributed by atoms with Gasteiger partial charge < -0.3 is 0 Å². The van der Waals surface area contributed by atoms with Gasteiger partial charge in [0, 0.05) is 18.2 Å². The van der Waals surface area contributed by atoms with Crippen LogP contribution in [0.25, 0.3) is 0 Å². The van der Waals surface area contributed by atoms with Crippen molar-refractivity contribution in [3.8, 4) is 0 Å². The molecule has 1 aliphatic heterocycles. The van der Waals surface area contributed by atoms with Gasteiger partial charge in [0.05, 0.1) is 12.6 Å². The van der Waals surface area contributed by atoms with Gasteiger partial charge in [0.2, 0.25) is 5.69 Å². The van der Waals surface area contributed by atoms with E-state index < -0.39 is 0 Å². The number of quaternary nitrogens is 1. The smallest absolute Gasteiger partial charge is 0.206 e. The van der Waals surface area contributed by atoms with Gasteiger partial charge in [0.25, 0.3) is 6.67 Å². The lowest BCUT2D eigenvalue weighted by molar-refractivity contribution is -0.456. The largest absolute Gasteiger partial charge is 0.285 e. The highest BCUT2D eigenvalue weighted by Gasteiger charge is 2.39. The predicted octanol–water partition coefficient (Wildman–Crippen LogP) is 4.69. The molecule has 1 unspecified atom stereocenters. The van der Waals surface area contributed by atoms with Crippen molar-refractivity contribution >= 4 is 23.3 Å². The second kappa shape index (κ2) is 5.49. The Labute approximate surface area is 137 Å². The average Bonchev–Trinajstić information content (AvgIpc) is 2.63. The molecular weight excluding hydrogens is 280 g/mol. The molecule has 0 amide bonds. The van der Waals surface area contributed by atoms with Gasteiger partial charge in [0.15, 0.2) is 11.9 Å². The minimum absolute atomic E-state index is 0.766. The molecule has 0 saturated carbocycles. The topological polar surface area (TPSA) is 3.01 Å². The lowest BCUT2D eigenvalue weighted by atomic mass is 10.1. The Bertz CT molecular complexity index is 853. The second-order valence-corrected chi connectivity index (χ2v) is 6.16. The van der Waals surface area contributed by atoms with E-state index >= 15 is 0 Å². The summed E-state index contributed by atoms with van der Waals surface area (Å²) in [6, 6.07) is 30.0. The summed E-state index contributed by atoms with van der Waals surface area (Å²) in [5, 5.41) is 0. The van der Waals surface area contributed by atoms with Crippen LogP contribution in [0.5, 0.6) is 0 Å². The maximum Gasteiger partial charge on any atom is 0.285 e. The molecule has 0 aliphatic carbocycles. The summed E-state index contributed by atoms with van der Waals surface area (Å²) in [6.07, 6.45) is 2.26. The number of nitrogens with zero attached hydrogens (tertiary/aromatic N) is 2. The molecule has 0 radical (unpaired) electrons. The fourth-order valence-electron chi connectivity index (χ4n) is 3.39. The van der Waals surface area contributed by atoms with Gasteiger partial charge in [-0.15, -0.1) is 4.58 Å². The van der Waals surface area contributed by atoms with Crippen LogP contribution in [0, 0.1) is 0 Å². The summed E-state index contributed by atoms with van der Waals surface area (Å²) in [4.78, 5) is 0. The van der Waals surface area contributed by atoms with Crippen molar-refractivity contribution in [2.75, 3.05) is 13.7 Å². The summed E-state index contributed by atoms with van der Waals surface area (Å²) < 4.78 is 3.11. The van der Waals surface area contributed by atoms with Gasteiger partial charge in [-0.2, -0.15) is 0 Å². The first-order valence-electron chi connectivity index (χ1n) is 7.95. The quantitative estimate of drug-likeness (QED) is 0.477. The maximum atomic E-state index is 2.34. The Hall–Kier alpha value is -2.71. The molecule has 2 heteroatoms. The molecule has 1 atom stereocenters. The molecule has 0 spiro atoms. The Kier molecular flexibility index (Phi) is 3.32. The summed E-state index contributed by atoms with van der Waals surface area (Å²) in [7, 11) is 2.29. The molecule has 23 heavy (non-hydrogen) atoms. The van der Waals surface area contributed by atoms with E-state index in [4.69, 9.17) is 0 Å². The van der Waals surface area contributed by atoms with Crippen LogP contribution in [0.4, 0.5) is 17.1 Å². The molecule has 4 rings (SSSR count). The van der Waals surface area contributed by atoms with E-state index in [2.05, 4.69) is 103 Å². The van der Waals surface area contributed by atoms with E-state index in [0.29, 0.717) is 0 Å². The lowest BCUT2D eigenvalue weighted by Gasteiger charge is -2.34.